The van der Waals surface area contributed by atoms with E-state index in [1.807, 2.05) is 24.3 Å². The number of benzene rings is 1. The molecule has 0 spiro atoms. The summed E-state index contributed by atoms with van der Waals surface area (Å²) in [4.78, 5) is 14.7. The van der Waals surface area contributed by atoms with Crippen LogP contribution in [-0.4, -0.2) is 43.0 Å². The molecule has 2 rings (SSSR count). The van der Waals surface area contributed by atoms with Gasteiger partial charge in [0, 0.05) is 24.3 Å². The largest absolute Gasteiger partial charge is 0.382 e. The predicted molar refractivity (Wildman–Crippen MR) is 83.2 cm³/mol. The van der Waals surface area contributed by atoms with Crippen molar-refractivity contribution >= 4 is 11.6 Å². The molecule has 1 heterocycles. The number of carbonyl (C=O) groups is 1. The Morgan fingerprint density at radius 3 is 2.80 bits per heavy atom. The van der Waals surface area contributed by atoms with Gasteiger partial charge in [0.25, 0.3) is 5.91 Å². The SMILES string of the molecule is CC(C)Nc1ccccc1C(=O)NCC1CCCN1C. The van der Waals surface area contributed by atoms with E-state index < -0.39 is 0 Å². The first kappa shape index (κ1) is 14.9. The van der Waals surface area contributed by atoms with Crippen molar-refractivity contribution in [3.63, 3.8) is 0 Å². The minimum Gasteiger partial charge on any atom is -0.382 e. The standard InChI is InChI=1S/C16H25N3O/c1-12(2)18-15-9-5-4-8-14(15)16(20)17-11-13-7-6-10-19(13)3/h4-5,8-9,12-13,18H,6-7,10-11H2,1-3H3,(H,17,20). The predicted octanol–water partition coefficient (Wildman–Crippen LogP) is 2.33. The van der Waals surface area contributed by atoms with E-state index in [1.54, 1.807) is 0 Å². The highest BCUT2D eigenvalue weighted by Crippen LogP contribution is 2.17. The normalized spacial score (nSPS) is 19.3. The summed E-state index contributed by atoms with van der Waals surface area (Å²) in [5.74, 6) is 0.00838. The van der Waals surface area contributed by atoms with Crippen molar-refractivity contribution in [2.75, 3.05) is 25.5 Å². The number of para-hydroxylation sites is 1. The quantitative estimate of drug-likeness (QED) is 0.867. The molecule has 4 heteroatoms. The molecule has 1 atom stereocenters. The van der Waals surface area contributed by atoms with Gasteiger partial charge in [0.05, 0.1) is 5.56 Å². The molecule has 1 saturated heterocycles. The fourth-order valence-electron chi connectivity index (χ4n) is 2.66. The first-order valence-corrected chi connectivity index (χ1v) is 7.42. The molecule has 0 aromatic heterocycles. The van der Waals surface area contributed by atoms with Crippen LogP contribution in [0.2, 0.25) is 0 Å². The number of carbonyl (C=O) groups excluding carboxylic acids is 1. The summed E-state index contributed by atoms with van der Waals surface area (Å²) in [7, 11) is 2.12. The zero-order valence-corrected chi connectivity index (χ0v) is 12.6. The van der Waals surface area contributed by atoms with Gasteiger partial charge < -0.3 is 15.5 Å². The van der Waals surface area contributed by atoms with Gasteiger partial charge >= 0.3 is 0 Å². The van der Waals surface area contributed by atoms with Crippen LogP contribution >= 0.6 is 0 Å². The molecule has 20 heavy (non-hydrogen) atoms. The Morgan fingerprint density at radius 2 is 2.15 bits per heavy atom. The molecule has 1 aliphatic heterocycles. The molecule has 1 aliphatic rings. The zero-order valence-electron chi connectivity index (χ0n) is 12.6. The summed E-state index contributed by atoms with van der Waals surface area (Å²) < 4.78 is 0. The van der Waals surface area contributed by atoms with Crippen molar-refractivity contribution in [3.8, 4) is 0 Å². The Hall–Kier alpha value is -1.55. The summed E-state index contributed by atoms with van der Waals surface area (Å²) >= 11 is 0. The van der Waals surface area contributed by atoms with Crippen LogP contribution in [0.3, 0.4) is 0 Å². The maximum Gasteiger partial charge on any atom is 0.253 e. The van der Waals surface area contributed by atoms with E-state index in [2.05, 4.69) is 36.4 Å². The lowest BCUT2D eigenvalue weighted by Crippen LogP contribution is -2.38. The van der Waals surface area contributed by atoms with Gasteiger partial charge in [0.1, 0.15) is 0 Å². The number of hydrogen-bond donors (Lipinski definition) is 2. The lowest BCUT2D eigenvalue weighted by molar-refractivity contribution is 0.0944. The topological polar surface area (TPSA) is 44.4 Å². The molecule has 0 saturated carbocycles. The van der Waals surface area contributed by atoms with Gasteiger partial charge in [-0.2, -0.15) is 0 Å². The highest BCUT2D eigenvalue weighted by molar-refractivity contribution is 5.99. The summed E-state index contributed by atoms with van der Waals surface area (Å²) in [6, 6.07) is 8.47. The Bertz CT molecular complexity index is 459. The molecule has 1 amide bonds. The lowest BCUT2D eigenvalue weighted by atomic mass is 10.1. The second kappa shape index (κ2) is 6.75. The minimum absolute atomic E-state index is 0.00838. The number of anilines is 1. The maximum atomic E-state index is 12.3. The molecule has 1 fully saturated rings. The molecule has 1 aromatic rings. The second-order valence-electron chi connectivity index (χ2n) is 5.83. The van der Waals surface area contributed by atoms with E-state index in [-0.39, 0.29) is 5.91 Å². The number of amides is 1. The van der Waals surface area contributed by atoms with Crippen LogP contribution in [0.1, 0.15) is 37.0 Å². The zero-order chi connectivity index (χ0) is 14.5. The highest BCUT2D eigenvalue weighted by atomic mass is 16.1. The lowest BCUT2D eigenvalue weighted by Gasteiger charge is -2.20. The highest BCUT2D eigenvalue weighted by Gasteiger charge is 2.21. The summed E-state index contributed by atoms with van der Waals surface area (Å²) in [5, 5.41) is 6.38. The van der Waals surface area contributed by atoms with Crippen LogP contribution in [0.4, 0.5) is 5.69 Å². The summed E-state index contributed by atoms with van der Waals surface area (Å²) in [5.41, 5.74) is 1.63. The molecular weight excluding hydrogens is 250 g/mol. The first-order chi connectivity index (χ1) is 9.58. The maximum absolute atomic E-state index is 12.3. The van der Waals surface area contributed by atoms with Crippen LogP contribution in [-0.2, 0) is 0 Å². The Balaban J connectivity index is 1.98. The van der Waals surface area contributed by atoms with Crippen LogP contribution in [0.5, 0.6) is 0 Å². The minimum atomic E-state index is 0.00838. The molecule has 1 unspecified atom stereocenters. The van der Waals surface area contributed by atoms with Gasteiger partial charge in [-0.05, 0) is 52.4 Å². The molecule has 0 bridgehead atoms. The van der Waals surface area contributed by atoms with Gasteiger partial charge in [0.15, 0.2) is 0 Å². The number of rotatable bonds is 5. The fraction of sp³-hybridized carbons (Fsp3) is 0.562. The van der Waals surface area contributed by atoms with Crippen molar-refractivity contribution in [1.82, 2.24) is 10.2 Å². The Kier molecular flexibility index (Phi) is 5.01. The summed E-state index contributed by atoms with van der Waals surface area (Å²) in [6.45, 7) is 6.00. The van der Waals surface area contributed by atoms with Crippen LogP contribution < -0.4 is 10.6 Å². The van der Waals surface area contributed by atoms with Gasteiger partial charge in [-0.15, -0.1) is 0 Å². The van der Waals surface area contributed by atoms with Crippen molar-refractivity contribution in [3.05, 3.63) is 29.8 Å². The molecule has 0 radical (unpaired) electrons. The molecule has 0 aliphatic carbocycles. The van der Waals surface area contributed by atoms with Gasteiger partial charge in [0.2, 0.25) is 0 Å². The molecule has 2 N–H and O–H groups in total. The smallest absolute Gasteiger partial charge is 0.253 e. The summed E-state index contributed by atoms with van der Waals surface area (Å²) in [6.07, 6.45) is 2.39. The number of nitrogens with zero attached hydrogens (tertiary/aromatic N) is 1. The third-order valence-electron chi connectivity index (χ3n) is 3.79. The van der Waals surface area contributed by atoms with Crippen molar-refractivity contribution < 1.29 is 4.79 Å². The van der Waals surface area contributed by atoms with E-state index in [0.29, 0.717) is 12.1 Å². The fourth-order valence-corrected chi connectivity index (χ4v) is 2.66. The van der Waals surface area contributed by atoms with Crippen molar-refractivity contribution in [1.29, 1.82) is 0 Å². The van der Waals surface area contributed by atoms with Gasteiger partial charge in [-0.1, -0.05) is 12.1 Å². The Morgan fingerprint density at radius 1 is 1.40 bits per heavy atom. The van der Waals surface area contributed by atoms with Gasteiger partial charge in [-0.3, -0.25) is 4.79 Å². The van der Waals surface area contributed by atoms with Crippen molar-refractivity contribution in [2.45, 2.75) is 38.8 Å². The van der Waals surface area contributed by atoms with E-state index >= 15 is 0 Å². The van der Waals surface area contributed by atoms with E-state index in [0.717, 1.165) is 24.3 Å². The molecular formula is C16H25N3O. The number of likely N-dealkylation sites (N-methyl/N-ethyl adjacent to an activating group) is 1. The van der Waals surface area contributed by atoms with E-state index in [1.165, 1.54) is 12.8 Å². The van der Waals surface area contributed by atoms with E-state index in [9.17, 15) is 4.79 Å². The van der Waals surface area contributed by atoms with Crippen molar-refractivity contribution in [2.24, 2.45) is 0 Å². The third kappa shape index (κ3) is 3.73. The monoisotopic (exact) mass is 275 g/mol. The van der Waals surface area contributed by atoms with Gasteiger partial charge in [-0.25, -0.2) is 0 Å². The molecule has 4 nitrogen and oxygen atoms in total. The average Bonchev–Trinajstić information content (AvgIpc) is 2.81. The first-order valence-electron chi connectivity index (χ1n) is 7.42. The molecule has 110 valence electrons. The third-order valence-corrected chi connectivity index (χ3v) is 3.79. The number of hydrogen-bond acceptors (Lipinski definition) is 3. The van der Waals surface area contributed by atoms with E-state index in [4.69, 9.17) is 0 Å². The molecule has 1 aromatic carbocycles. The number of nitrogens with one attached hydrogen (secondary N) is 2. The van der Waals surface area contributed by atoms with Crippen LogP contribution in [0.15, 0.2) is 24.3 Å². The number of likely N-dealkylation sites (tertiary alicyclic amines) is 1. The second-order valence-corrected chi connectivity index (χ2v) is 5.83. The Labute approximate surface area is 121 Å². The van der Waals surface area contributed by atoms with Crippen LogP contribution in [0.25, 0.3) is 0 Å². The van der Waals surface area contributed by atoms with Crippen LogP contribution in [0, 0.1) is 0 Å². The average molecular weight is 275 g/mol.